The number of aliphatic carboxylic acids is 1. The molecule has 0 spiro atoms. The smallest absolute Gasteiger partial charge is 0.327 e. The SMILES string of the molecule is CCCCCCCCOc1ccc(/C=C2/SC(=S)N([C@H](Cc3ccccc3)C(=O)O)C2=O)cc1OCC. The molecule has 0 bridgehead atoms. The second-order valence-corrected chi connectivity index (χ2v) is 10.5. The van der Waals surface area contributed by atoms with Crippen molar-refractivity contribution >= 4 is 46.3 Å². The molecule has 2 aromatic carbocycles. The van der Waals surface area contributed by atoms with Gasteiger partial charge in [-0.1, -0.05) is 99.4 Å². The number of carbonyl (C=O) groups is 2. The Hall–Kier alpha value is -2.84. The van der Waals surface area contributed by atoms with Crippen LogP contribution < -0.4 is 9.47 Å². The third-order valence-corrected chi connectivity index (χ3v) is 7.34. The van der Waals surface area contributed by atoms with E-state index in [1.807, 2.05) is 55.5 Å². The van der Waals surface area contributed by atoms with Crippen LogP contribution in [0.3, 0.4) is 0 Å². The number of hydrogen-bond donors (Lipinski definition) is 1. The van der Waals surface area contributed by atoms with Gasteiger partial charge in [-0.2, -0.15) is 0 Å². The minimum atomic E-state index is -1.09. The van der Waals surface area contributed by atoms with E-state index in [4.69, 9.17) is 21.7 Å². The lowest BCUT2D eigenvalue weighted by molar-refractivity contribution is -0.145. The van der Waals surface area contributed by atoms with Gasteiger partial charge in [0.15, 0.2) is 11.5 Å². The number of unbranched alkanes of at least 4 members (excludes halogenated alkanes) is 5. The van der Waals surface area contributed by atoms with Gasteiger partial charge in [0.05, 0.1) is 18.1 Å². The van der Waals surface area contributed by atoms with Crippen LogP contribution in [0.2, 0.25) is 0 Å². The maximum atomic E-state index is 13.2. The van der Waals surface area contributed by atoms with E-state index in [2.05, 4.69) is 6.92 Å². The van der Waals surface area contributed by atoms with E-state index in [9.17, 15) is 14.7 Å². The molecular weight excluding hydrogens is 506 g/mol. The molecule has 0 saturated carbocycles. The number of amides is 1. The van der Waals surface area contributed by atoms with Gasteiger partial charge < -0.3 is 14.6 Å². The minimum absolute atomic E-state index is 0.176. The summed E-state index contributed by atoms with van der Waals surface area (Å²) in [6, 6.07) is 13.7. The Morgan fingerprint density at radius 1 is 1.03 bits per heavy atom. The molecule has 1 fully saturated rings. The Kier molecular flexibility index (Phi) is 11.5. The summed E-state index contributed by atoms with van der Waals surface area (Å²) in [4.78, 5) is 26.9. The molecule has 2 aromatic rings. The van der Waals surface area contributed by atoms with Crippen molar-refractivity contribution in [1.29, 1.82) is 0 Å². The molecule has 0 radical (unpaired) electrons. The molecule has 8 heteroatoms. The van der Waals surface area contributed by atoms with Crippen molar-refractivity contribution in [3.8, 4) is 11.5 Å². The van der Waals surface area contributed by atoms with Gasteiger partial charge >= 0.3 is 5.97 Å². The summed E-state index contributed by atoms with van der Waals surface area (Å²) in [5.41, 5.74) is 1.58. The number of hydrogen-bond acceptors (Lipinski definition) is 6. The number of thiocarbonyl (C=S) groups is 1. The third kappa shape index (κ3) is 8.33. The highest BCUT2D eigenvalue weighted by molar-refractivity contribution is 8.26. The van der Waals surface area contributed by atoms with Gasteiger partial charge in [-0.05, 0) is 42.7 Å². The van der Waals surface area contributed by atoms with Crippen molar-refractivity contribution in [2.45, 2.75) is 64.8 Å². The fraction of sp³-hybridized carbons (Fsp3) is 0.414. The predicted molar refractivity (Wildman–Crippen MR) is 153 cm³/mol. The normalized spacial score (nSPS) is 15.3. The molecule has 1 amide bonds. The number of nitrogens with zero attached hydrogens (tertiary/aromatic N) is 1. The van der Waals surface area contributed by atoms with Crippen LogP contribution in [0.4, 0.5) is 0 Å². The zero-order valence-corrected chi connectivity index (χ0v) is 23.1. The van der Waals surface area contributed by atoms with Crippen LogP contribution in [0.5, 0.6) is 11.5 Å². The van der Waals surface area contributed by atoms with E-state index >= 15 is 0 Å². The van der Waals surface area contributed by atoms with Crippen LogP contribution in [0.25, 0.3) is 6.08 Å². The van der Waals surface area contributed by atoms with Crippen LogP contribution in [-0.4, -0.2) is 45.5 Å². The molecule has 1 saturated heterocycles. The molecule has 1 N–H and O–H groups in total. The second kappa shape index (κ2) is 14.8. The summed E-state index contributed by atoms with van der Waals surface area (Å²) in [6.07, 6.45) is 9.04. The minimum Gasteiger partial charge on any atom is -0.490 e. The van der Waals surface area contributed by atoms with Gasteiger partial charge in [-0.15, -0.1) is 0 Å². The molecule has 1 aliphatic rings. The van der Waals surface area contributed by atoms with Gasteiger partial charge in [0.2, 0.25) is 0 Å². The number of carboxylic acid groups (broad SMARTS) is 1. The van der Waals surface area contributed by atoms with Crippen LogP contribution in [0.15, 0.2) is 53.4 Å². The lowest BCUT2D eigenvalue weighted by Crippen LogP contribution is -2.45. The number of carbonyl (C=O) groups excluding carboxylic acids is 1. The average molecular weight is 542 g/mol. The Morgan fingerprint density at radius 2 is 1.76 bits per heavy atom. The fourth-order valence-corrected chi connectivity index (χ4v) is 5.45. The highest BCUT2D eigenvalue weighted by atomic mass is 32.2. The molecule has 0 unspecified atom stereocenters. The van der Waals surface area contributed by atoms with Crippen molar-refractivity contribution < 1.29 is 24.2 Å². The van der Waals surface area contributed by atoms with Gasteiger partial charge in [0.25, 0.3) is 5.91 Å². The van der Waals surface area contributed by atoms with Crippen molar-refractivity contribution in [2.75, 3.05) is 13.2 Å². The van der Waals surface area contributed by atoms with Crippen molar-refractivity contribution in [2.24, 2.45) is 0 Å². The highest BCUT2D eigenvalue weighted by Gasteiger charge is 2.40. The Bertz CT molecular complexity index is 1100. The van der Waals surface area contributed by atoms with E-state index in [0.29, 0.717) is 29.6 Å². The molecule has 3 rings (SSSR count). The molecule has 198 valence electrons. The zero-order chi connectivity index (χ0) is 26.6. The van der Waals surface area contributed by atoms with Crippen molar-refractivity contribution in [3.63, 3.8) is 0 Å². The largest absolute Gasteiger partial charge is 0.490 e. The molecule has 37 heavy (non-hydrogen) atoms. The first-order valence-electron chi connectivity index (χ1n) is 12.9. The lowest BCUT2D eigenvalue weighted by Gasteiger charge is -2.23. The lowest BCUT2D eigenvalue weighted by atomic mass is 10.0. The number of ether oxygens (including phenoxy) is 2. The molecule has 0 aliphatic carbocycles. The zero-order valence-electron chi connectivity index (χ0n) is 21.5. The van der Waals surface area contributed by atoms with E-state index < -0.39 is 17.9 Å². The van der Waals surface area contributed by atoms with E-state index in [1.54, 1.807) is 6.08 Å². The first kappa shape index (κ1) is 28.7. The van der Waals surface area contributed by atoms with Gasteiger partial charge in [0.1, 0.15) is 10.4 Å². The Labute approximate surface area is 229 Å². The summed E-state index contributed by atoms with van der Waals surface area (Å²) in [5.74, 6) is -0.203. The van der Waals surface area contributed by atoms with Gasteiger partial charge in [-0.3, -0.25) is 9.69 Å². The number of carboxylic acids is 1. The summed E-state index contributed by atoms with van der Waals surface area (Å²) >= 11 is 6.54. The standard InChI is InChI=1S/C29H35NO5S2/c1-3-5-6-7-8-12-17-35-24-16-15-22(19-25(24)34-4-2)20-26-27(31)30(29(36)37-26)23(28(32)33)18-21-13-10-9-11-14-21/h9-11,13-16,19-20,23H,3-8,12,17-18H2,1-2H3,(H,32,33)/b26-20+/t23-/m1/s1. The maximum absolute atomic E-state index is 13.2. The quantitative estimate of drug-likeness (QED) is 0.152. The third-order valence-electron chi connectivity index (χ3n) is 6.01. The summed E-state index contributed by atoms with van der Waals surface area (Å²) in [7, 11) is 0. The topological polar surface area (TPSA) is 76.1 Å². The Morgan fingerprint density at radius 3 is 2.46 bits per heavy atom. The maximum Gasteiger partial charge on any atom is 0.327 e. The molecule has 1 heterocycles. The van der Waals surface area contributed by atoms with Gasteiger partial charge in [0, 0.05) is 6.42 Å². The van der Waals surface area contributed by atoms with Gasteiger partial charge in [-0.25, -0.2) is 4.79 Å². The Balaban J connectivity index is 1.70. The van der Waals surface area contributed by atoms with E-state index in [1.165, 1.54) is 30.6 Å². The monoisotopic (exact) mass is 541 g/mol. The number of rotatable bonds is 15. The number of thioether (sulfide) groups is 1. The molecule has 6 nitrogen and oxygen atoms in total. The summed E-state index contributed by atoms with van der Waals surface area (Å²) < 4.78 is 12.0. The number of benzene rings is 2. The summed E-state index contributed by atoms with van der Waals surface area (Å²) in [5, 5.41) is 9.86. The van der Waals surface area contributed by atoms with Crippen LogP contribution >= 0.6 is 24.0 Å². The first-order chi connectivity index (χ1) is 17.9. The van der Waals surface area contributed by atoms with E-state index in [0.717, 1.165) is 35.7 Å². The molecule has 0 aromatic heterocycles. The summed E-state index contributed by atoms with van der Waals surface area (Å²) in [6.45, 7) is 5.23. The van der Waals surface area contributed by atoms with Crippen molar-refractivity contribution in [3.05, 3.63) is 64.6 Å². The molecular formula is C29H35NO5S2. The molecule has 1 aliphatic heterocycles. The van der Waals surface area contributed by atoms with Crippen LogP contribution in [-0.2, 0) is 16.0 Å². The highest BCUT2D eigenvalue weighted by Crippen LogP contribution is 2.36. The predicted octanol–water partition coefficient (Wildman–Crippen LogP) is 6.72. The average Bonchev–Trinajstić information content (AvgIpc) is 3.16. The van der Waals surface area contributed by atoms with Crippen LogP contribution in [0.1, 0.15) is 63.5 Å². The van der Waals surface area contributed by atoms with Crippen LogP contribution in [0, 0.1) is 0 Å². The van der Waals surface area contributed by atoms with Crippen molar-refractivity contribution in [1.82, 2.24) is 4.90 Å². The second-order valence-electron chi connectivity index (χ2n) is 8.85. The first-order valence-corrected chi connectivity index (χ1v) is 14.1. The fourth-order valence-electron chi connectivity index (χ4n) is 4.09. The van der Waals surface area contributed by atoms with E-state index in [-0.39, 0.29) is 10.7 Å². The molecule has 1 atom stereocenters.